The Hall–Kier alpha value is -3.46. The Bertz CT molecular complexity index is 1490. The van der Waals surface area contributed by atoms with Crippen LogP contribution in [0.25, 0.3) is 21.7 Å². The summed E-state index contributed by atoms with van der Waals surface area (Å²) in [5.41, 5.74) is 3.12. The van der Waals surface area contributed by atoms with Crippen LogP contribution >= 0.6 is 11.3 Å². The third-order valence-corrected chi connectivity index (χ3v) is 8.91. The molecule has 1 aliphatic carbocycles. The van der Waals surface area contributed by atoms with E-state index < -0.39 is 5.60 Å². The van der Waals surface area contributed by atoms with Crippen LogP contribution in [-0.4, -0.2) is 57.0 Å². The van der Waals surface area contributed by atoms with Crippen LogP contribution in [0.15, 0.2) is 48.0 Å². The van der Waals surface area contributed by atoms with Crippen LogP contribution in [-0.2, 0) is 18.3 Å². The zero-order valence-corrected chi connectivity index (χ0v) is 25.3. The topological polar surface area (TPSA) is 70.8 Å². The Kier molecular flexibility index (Phi) is 7.72. The van der Waals surface area contributed by atoms with Crippen molar-refractivity contribution in [1.29, 1.82) is 0 Å². The van der Waals surface area contributed by atoms with Crippen molar-refractivity contribution in [2.75, 3.05) is 26.3 Å². The first-order chi connectivity index (χ1) is 19.7. The van der Waals surface area contributed by atoms with E-state index in [1.54, 1.807) is 16.2 Å². The van der Waals surface area contributed by atoms with E-state index >= 15 is 0 Å². The highest BCUT2D eigenvalue weighted by atomic mass is 32.1. The Labute approximate surface area is 245 Å². The second kappa shape index (κ2) is 11.4. The zero-order valence-electron chi connectivity index (χ0n) is 24.5. The first kappa shape index (κ1) is 27.7. The average Bonchev–Trinajstić information content (AvgIpc) is 3.68. The predicted octanol–water partition coefficient (Wildman–Crippen LogP) is 7.09. The molecular weight excluding hydrogens is 536 g/mol. The number of rotatable bonds is 9. The molecule has 1 saturated carbocycles. The molecule has 4 aromatic rings. The summed E-state index contributed by atoms with van der Waals surface area (Å²) in [6.45, 7) is 8.89. The molecule has 2 fully saturated rings. The maximum atomic E-state index is 12.3. The van der Waals surface area contributed by atoms with E-state index in [0.717, 1.165) is 36.0 Å². The number of aryl methyl sites for hydroxylation is 1. The number of amides is 1. The average molecular weight is 577 g/mol. The van der Waals surface area contributed by atoms with Crippen LogP contribution in [0.1, 0.15) is 58.1 Å². The molecule has 8 nitrogen and oxygen atoms in total. The van der Waals surface area contributed by atoms with Crippen molar-refractivity contribution >= 4 is 27.6 Å². The van der Waals surface area contributed by atoms with Gasteiger partial charge >= 0.3 is 6.09 Å². The molecule has 41 heavy (non-hydrogen) atoms. The lowest BCUT2D eigenvalue weighted by atomic mass is 9.83. The second-order valence-electron chi connectivity index (χ2n) is 12.3. The summed E-state index contributed by atoms with van der Waals surface area (Å²) in [5.74, 6) is 3.51. The standard InChI is InChI=1S/C32H40N4O4S/c1-32(2,3)40-31(37)36-14-12-22(19-36)21-39-25-10-8-24(9-11-25)38-16-15-35-20-26(23-6-5-7-23)33-30(35)28-18-29-27(34(28)4)13-17-41-29/h8-11,13,17-18,20,22-23H,5-7,12,14-16,19,21H2,1-4H3/t22-/m1/s1. The number of aromatic nitrogens is 3. The molecule has 0 N–H and O–H groups in total. The fourth-order valence-corrected chi connectivity index (χ4v) is 6.39. The van der Waals surface area contributed by atoms with Gasteiger partial charge in [-0.2, -0.15) is 0 Å². The molecule has 4 heterocycles. The molecule has 0 bridgehead atoms. The largest absolute Gasteiger partial charge is 0.493 e. The van der Waals surface area contributed by atoms with Gasteiger partial charge in [0.1, 0.15) is 23.7 Å². The van der Waals surface area contributed by atoms with Gasteiger partial charge in [0.15, 0.2) is 5.82 Å². The van der Waals surface area contributed by atoms with Gasteiger partial charge in [-0.3, -0.25) is 0 Å². The van der Waals surface area contributed by atoms with Crippen LogP contribution in [0.3, 0.4) is 0 Å². The van der Waals surface area contributed by atoms with Gasteiger partial charge in [0.25, 0.3) is 0 Å². The molecule has 1 saturated heterocycles. The summed E-state index contributed by atoms with van der Waals surface area (Å²) in [5, 5.41) is 2.14. The molecule has 1 aliphatic heterocycles. The smallest absolute Gasteiger partial charge is 0.410 e. The third-order valence-electron chi connectivity index (χ3n) is 8.06. The van der Waals surface area contributed by atoms with Crippen LogP contribution in [0.5, 0.6) is 11.5 Å². The van der Waals surface area contributed by atoms with Crippen LogP contribution in [0.2, 0.25) is 0 Å². The second-order valence-corrected chi connectivity index (χ2v) is 13.2. The zero-order chi connectivity index (χ0) is 28.6. The van der Waals surface area contributed by atoms with Crippen molar-refractivity contribution in [2.24, 2.45) is 13.0 Å². The van der Waals surface area contributed by atoms with Gasteiger partial charge in [-0.1, -0.05) is 6.42 Å². The molecule has 218 valence electrons. The first-order valence-electron chi connectivity index (χ1n) is 14.7. The fourth-order valence-electron chi connectivity index (χ4n) is 5.55. The monoisotopic (exact) mass is 576 g/mol. The Morgan fingerprint density at radius 2 is 1.83 bits per heavy atom. The minimum absolute atomic E-state index is 0.243. The highest BCUT2D eigenvalue weighted by Crippen LogP contribution is 2.38. The SMILES string of the molecule is Cn1c(-c2nc(C3CCC3)cn2CCOc2ccc(OC[C@@H]3CCN(C(=O)OC(C)(C)C)C3)cc2)cc2sccc21. The molecule has 1 amide bonds. The first-order valence-corrected chi connectivity index (χ1v) is 15.6. The van der Waals surface area contributed by atoms with Crippen LogP contribution in [0, 0.1) is 5.92 Å². The summed E-state index contributed by atoms with van der Waals surface area (Å²) in [6.07, 6.45) is 6.65. The van der Waals surface area contributed by atoms with Crippen molar-refractivity contribution in [2.45, 2.75) is 64.5 Å². The number of imidazole rings is 1. The van der Waals surface area contributed by atoms with E-state index in [0.29, 0.717) is 38.1 Å². The summed E-state index contributed by atoms with van der Waals surface area (Å²) < 4.78 is 23.4. The Balaban J connectivity index is 1.02. The number of benzene rings is 1. The highest BCUT2D eigenvalue weighted by Gasteiger charge is 2.30. The number of fused-ring (bicyclic) bond motifs is 1. The molecule has 0 spiro atoms. The van der Waals surface area contributed by atoms with E-state index in [2.05, 4.69) is 39.9 Å². The van der Waals surface area contributed by atoms with Crippen LogP contribution in [0.4, 0.5) is 4.79 Å². The molecule has 6 rings (SSSR count). The van der Waals surface area contributed by atoms with Gasteiger partial charge in [0.05, 0.1) is 34.8 Å². The predicted molar refractivity (Wildman–Crippen MR) is 162 cm³/mol. The summed E-state index contributed by atoms with van der Waals surface area (Å²) in [6, 6.07) is 12.2. The van der Waals surface area contributed by atoms with Crippen molar-refractivity contribution < 1.29 is 19.0 Å². The van der Waals surface area contributed by atoms with Gasteiger partial charge in [-0.25, -0.2) is 9.78 Å². The fraction of sp³-hybridized carbons (Fsp3) is 0.500. The number of hydrogen-bond donors (Lipinski definition) is 0. The molecule has 0 radical (unpaired) electrons. The number of carbonyl (C=O) groups excluding carboxylic acids is 1. The highest BCUT2D eigenvalue weighted by molar-refractivity contribution is 7.17. The summed E-state index contributed by atoms with van der Waals surface area (Å²) >= 11 is 1.77. The number of ether oxygens (including phenoxy) is 3. The van der Waals surface area contributed by atoms with Gasteiger partial charge in [-0.15, -0.1) is 11.3 Å². The summed E-state index contributed by atoms with van der Waals surface area (Å²) in [7, 11) is 2.12. The molecule has 1 atom stereocenters. The molecule has 9 heteroatoms. The van der Waals surface area contributed by atoms with Crippen molar-refractivity contribution in [3.63, 3.8) is 0 Å². The molecular formula is C32H40N4O4S. The molecule has 2 aliphatic rings. The quantitative estimate of drug-likeness (QED) is 0.213. The number of carbonyl (C=O) groups is 1. The number of hydrogen-bond acceptors (Lipinski definition) is 6. The lowest BCUT2D eigenvalue weighted by Crippen LogP contribution is -2.35. The van der Waals surface area contributed by atoms with Gasteiger partial charge in [0, 0.05) is 38.2 Å². The minimum atomic E-state index is -0.478. The van der Waals surface area contributed by atoms with Crippen LogP contribution < -0.4 is 9.47 Å². The van der Waals surface area contributed by atoms with E-state index in [4.69, 9.17) is 19.2 Å². The maximum absolute atomic E-state index is 12.3. The van der Waals surface area contributed by atoms with E-state index in [9.17, 15) is 4.79 Å². The lowest BCUT2D eigenvalue weighted by molar-refractivity contribution is 0.0284. The maximum Gasteiger partial charge on any atom is 0.410 e. The summed E-state index contributed by atoms with van der Waals surface area (Å²) in [4.78, 5) is 19.2. The van der Waals surface area contributed by atoms with E-state index in [1.807, 2.05) is 45.0 Å². The Morgan fingerprint density at radius 1 is 1.07 bits per heavy atom. The van der Waals surface area contributed by atoms with Crippen molar-refractivity contribution in [3.8, 4) is 23.0 Å². The number of likely N-dealkylation sites (tertiary alicyclic amines) is 1. The minimum Gasteiger partial charge on any atom is -0.493 e. The molecule has 3 aromatic heterocycles. The van der Waals surface area contributed by atoms with Crippen molar-refractivity contribution in [3.05, 3.63) is 53.7 Å². The number of nitrogens with zero attached hydrogens (tertiary/aromatic N) is 4. The molecule has 0 unspecified atom stereocenters. The van der Waals surface area contributed by atoms with Gasteiger partial charge in [0.2, 0.25) is 0 Å². The molecule has 1 aromatic carbocycles. The van der Waals surface area contributed by atoms with Crippen molar-refractivity contribution in [1.82, 2.24) is 19.0 Å². The third kappa shape index (κ3) is 6.25. The number of thiophene rings is 1. The van der Waals surface area contributed by atoms with E-state index in [1.165, 1.54) is 35.2 Å². The van der Waals surface area contributed by atoms with E-state index in [-0.39, 0.29) is 6.09 Å². The normalized spacial score (nSPS) is 17.7. The Morgan fingerprint density at radius 3 is 2.51 bits per heavy atom. The lowest BCUT2D eigenvalue weighted by Gasteiger charge is -2.24. The van der Waals surface area contributed by atoms with Gasteiger partial charge in [-0.05, 0) is 81.8 Å². The van der Waals surface area contributed by atoms with Gasteiger partial charge < -0.3 is 28.2 Å².